The highest BCUT2D eigenvalue weighted by Gasteiger charge is 2.16. The minimum Gasteiger partial charge on any atom is -0.462 e. The van der Waals surface area contributed by atoms with Gasteiger partial charge in [0, 0.05) is 12.8 Å². The average Bonchev–Trinajstić information content (AvgIpc) is 3.32. The van der Waals surface area contributed by atoms with Crippen LogP contribution in [-0.2, 0) is 19.1 Å². The summed E-state index contributed by atoms with van der Waals surface area (Å²) in [5, 5.41) is 9.64. The van der Waals surface area contributed by atoms with Crippen LogP contribution in [0.2, 0.25) is 0 Å². The number of aliphatic hydroxyl groups excluding tert-OH is 1. The fourth-order valence-electron chi connectivity index (χ4n) is 7.71. The number of unbranched alkanes of at least 4 members (excludes halogenated alkanes) is 26. The number of aliphatic hydroxyl groups is 1. The summed E-state index contributed by atoms with van der Waals surface area (Å²) in [4.78, 5) is 24.5. The Kier molecular flexibility index (Phi) is 53.4. The van der Waals surface area contributed by atoms with Crippen LogP contribution in [0.25, 0.3) is 0 Å². The third-order valence-electron chi connectivity index (χ3n) is 11.9. The molecule has 0 saturated carbocycles. The maximum Gasteiger partial charge on any atom is 0.306 e. The molecule has 0 amide bonds. The van der Waals surface area contributed by atoms with Crippen LogP contribution in [0, 0.1) is 0 Å². The molecule has 0 aliphatic heterocycles. The summed E-state index contributed by atoms with van der Waals surface area (Å²) in [6.07, 6.45) is 79.4. The van der Waals surface area contributed by atoms with Crippen molar-refractivity contribution < 1.29 is 24.2 Å². The number of allylic oxidation sites excluding steroid dienone is 16. The van der Waals surface area contributed by atoms with Crippen LogP contribution in [-0.4, -0.2) is 36.4 Å². The van der Waals surface area contributed by atoms with Gasteiger partial charge in [0.25, 0.3) is 0 Å². The average molecular weight is 917 g/mol. The largest absolute Gasteiger partial charge is 0.462 e. The molecule has 1 atom stereocenters. The van der Waals surface area contributed by atoms with Crippen molar-refractivity contribution in [2.75, 3.05) is 13.2 Å². The molecule has 1 unspecified atom stereocenters. The van der Waals surface area contributed by atoms with Crippen LogP contribution in [0.3, 0.4) is 0 Å². The quantitative estimate of drug-likeness (QED) is 0.0374. The first-order chi connectivity index (χ1) is 32.6. The molecule has 0 aromatic heterocycles. The molecule has 0 bridgehead atoms. The van der Waals surface area contributed by atoms with Crippen molar-refractivity contribution >= 4 is 11.9 Å². The molecule has 1 N–H and O–H groups in total. The van der Waals surface area contributed by atoms with Gasteiger partial charge in [-0.15, -0.1) is 0 Å². The Hall–Kier alpha value is -3.18. The van der Waals surface area contributed by atoms with Gasteiger partial charge in [0.1, 0.15) is 6.61 Å². The van der Waals surface area contributed by atoms with E-state index in [-0.39, 0.29) is 25.2 Å². The van der Waals surface area contributed by atoms with Gasteiger partial charge in [0.15, 0.2) is 6.10 Å². The van der Waals surface area contributed by atoms with Gasteiger partial charge >= 0.3 is 11.9 Å². The van der Waals surface area contributed by atoms with Gasteiger partial charge in [-0.25, -0.2) is 0 Å². The predicted octanol–water partition coefficient (Wildman–Crippen LogP) is 18.7. The number of carbonyl (C=O) groups is 2. The number of ether oxygens (including phenoxy) is 2. The van der Waals surface area contributed by atoms with Crippen LogP contribution < -0.4 is 0 Å². The molecule has 0 radical (unpaired) electrons. The minimum absolute atomic E-state index is 0.0707. The van der Waals surface area contributed by atoms with E-state index in [0.717, 1.165) is 83.5 Å². The lowest BCUT2D eigenvalue weighted by Gasteiger charge is -2.15. The predicted molar refractivity (Wildman–Crippen MR) is 288 cm³/mol. The molecular weight excluding hydrogens is 813 g/mol. The maximum absolute atomic E-state index is 12.3. The van der Waals surface area contributed by atoms with E-state index in [0.29, 0.717) is 12.8 Å². The summed E-state index contributed by atoms with van der Waals surface area (Å²) >= 11 is 0. The van der Waals surface area contributed by atoms with Gasteiger partial charge < -0.3 is 14.6 Å². The van der Waals surface area contributed by atoms with Crippen LogP contribution in [0.4, 0.5) is 0 Å². The van der Waals surface area contributed by atoms with Crippen LogP contribution in [0.1, 0.15) is 258 Å². The normalized spacial score (nSPS) is 13.0. The molecule has 378 valence electrons. The van der Waals surface area contributed by atoms with E-state index in [4.69, 9.17) is 9.47 Å². The molecule has 66 heavy (non-hydrogen) atoms. The Labute approximate surface area is 408 Å². The Morgan fingerprint density at radius 3 is 1.00 bits per heavy atom. The summed E-state index contributed by atoms with van der Waals surface area (Å²) in [5.41, 5.74) is 0. The van der Waals surface area contributed by atoms with Crippen molar-refractivity contribution in [2.45, 2.75) is 264 Å². The lowest BCUT2D eigenvalue weighted by Crippen LogP contribution is -2.28. The molecule has 0 aliphatic rings. The second kappa shape index (κ2) is 56.1. The van der Waals surface area contributed by atoms with Gasteiger partial charge in [0.05, 0.1) is 6.61 Å². The van der Waals surface area contributed by atoms with Crippen molar-refractivity contribution in [1.82, 2.24) is 0 Å². The first kappa shape index (κ1) is 62.8. The molecule has 0 fully saturated rings. The zero-order valence-electron chi connectivity index (χ0n) is 43.2. The molecule has 0 aliphatic carbocycles. The molecular formula is C61H104O5. The molecule has 5 heteroatoms. The van der Waals surface area contributed by atoms with Crippen molar-refractivity contribution in [1.29, 1.82) is 0 Å². The van der Waals surface area contributed by atoms with Crippen LogP contribution in [0.5, 0.6) is 0 Å². The molecule has 0 rings (SSSR count). The third kappa shape index (κ3) is 53.4. The van der Waals surface area contributed by atoms with Gasteiger partial charge in [-0.1, -0.05) is 246 Å². The molecule has 0 aromatic carbocycles. The van der Waals surface area contributed by atoms with E-state index in [2.05, 4.69) is 111 Å². The first-order valence-corrected chi connectivity index (χ1v) is 27.8. The highest BCUT2D eigenvalue weighted by molar-refractivity contribution is 5.70. The van der Waals surface area contributed by atoms with Gasteiger partial charge in [-0.05, 0) is 96.3 Å². The summed E-state index contributed by atoms with van der Waals surface area (Å²) in [7, 11) is 0. The fraction of sp³-hybridized carbons (Fsp3) is 0.705. The number of rotatable bonds is 50. The number of esters is 2. The first-order valence-electron chi connectivity index (χ1n) is 27.8. The Morgan fingerprint density at radius 1 is 0.364 bits per heavy atom. The minimum atomic E-state index is -0.780. The highest BCUT2D eigenvalue weighted by Crippen LogP contribution is 2.15. The summed E-state index contributed by atoms with van der Waals surface area (Å²) in [6.45, 7) is 4.03. The summed E-state index contributed by atoms with van der Waals surface area (Å²) in [6, 6.07) is 0. The number of carbonyl (C=O) groups excluding carboxylic acids is 2. The van der Waals surface area contributed by atoms with E-state index in [1.165, 1.54) is 148 Å². The van der Waals surface area contributed by atoms with Crippen molar-refractivity contribution in [3.8, 4) is 0 Å². The zero-order chi connectivity index (χ0) is 47.7. The number of hydrogen-bond donors (Lipinski definition) is 1. The molecule has 0 spiro atoms. The third-order valence-corrected chi connectivity index (χ3v) is 11.9. The standard InChI is InChI=1S/C61H104O5/c1-3-5-7-9-11-13-15-17-19-21-23-24-25-26-27-28-29-30-31-32-33-34-35-36-38-40-42-44-46-48-50-52-54-56-61(64)66-59(57-62)58-65-60(63)55-53-51-49-47-45-43-41-39-37-22-20-18-16-14-12-10-8-6-4-2/h5,7,11,13,17-20,23-24,26-27,29-30,32-33,59,62H,3-4,6,8-10,12,14-16,21-22,25,28,31,34-58H2,1-2H3/b7-5-,13-11-,19-17-,20-18-,24-23-,27-26-,30-29-,33-32-. The molecule has 0 saturated heterocycles. The van der Waals surface area contributed by atoms with Gasteiger partial charge in [-0.3, -0.25) is 9.59 Å². The fourth-order valence-corrected chi connectivity index (χ4v) is 7.71. The summed E-state index contributed by atoms with van der Waals surface area (Å²) in [5.74, 6) is -0.594. The smallest absolute Gasteiger partial charge is 0.306 e. The molecule has 5 nitrogen and oxygen atoms in total. The van der Waals surface area contributed by atoms with E-state index < -0.39 is 6.10 Å². The SMILES string of the molecule is CC/C=C\C/C=C\C/C=C\C/C=C\C/C=C\C/C=C\C/C=C\CCCCCCCCCCCCCC(=O)OC(CO)COC(=O)CCCCCCCCCCC/C=C\CCCCCCCC. The van der Waals surface area contributed by atoms with E-state index in [1.807, 2.05) is 0 Å². The number of hydrogen-bond acceptors (Lipinski definition) is 5. The van der Waals surface area contributed by atoms with Gasteiger partial charge in [0.2, 0.25) is 0 Å². The van der Waals surface area contributed by atoms with E-state index in [1.54, 1.807) is 0 Å². The van der Waals surface area contributed by atoms with Crippen molar-refractivity contribution in [3.05, 3.63) is 97.2 Å². The second-order valence-corrected chi connectivity index (χ2v) is 18.3. The maximum atomic E-state index is 12.3. The van der Waals surface area contributed by atoms with E-state index >= 15 is 0 Å². The second-order valence-electron chi connectivity index (χ2n) is 18.3. The molecule has 0 aromatic rings. The van der Waals surface area contributed by atoms with Crippen molar-refractivity contribution in [2.24, 2.45) is 0 Å². The lowest BCUT2D eigenvalue weighted by atomic mass is 10.0. The monoisotopic (exact) mass is 917 g/mol. The van der Waals surface area contributed by atoms with Crippen molar-refractivity contribution in [3.63, 3.8) is 0 Å². The summed E-state index contributed by atoms with van der Waals surface area (Å²) < 4.78 is 10.7. The topological polar surface area (TPSA) is 72.8 Å². The lowest BCUT2D eigenvalue weighted by molar-refractivity contribution is -0.161. The van der Waals surface area contributed by atoms with Gasteiger partial charge in [-0.2, -0.15) is 0 Å². The Bertz CT molecular complexity index is 1270. The van der Waals surface area contributed by atoms with Crippen LogP contribution in [0.15, 0.2) is 97.2 Å². The Balaban J connectivity index is 3.54. The van der Waals surface area contributed by atoms with E-state index in [9.17, 15) is 14.7 Å². The Morgan fingerprint density at radius 2 is 0.652 bits per heavy atom. The van der Waals surface area contributed by atoms with Crippen LogP contribution >= 0.6 is 0 Å². The molecule has 0 heterocycles. The highest BCUT2D eigenvalue weighted by atomic mass is 16.6. The zero-order valence-corrected chi connectivity index (χ0v) is 43.2.